The van der Waals surface area contributed by atoms with Crippen molar-refractivity contribution in [1.82, 2.24) is 24.7 Å². The Balaban J connectivity index is 1.92. The zero-order valence-electron chi connectivity index (χ0n) is 10.5. The average molecular weight is 279 g/mol. The minimum Gasteiger partial charge on any atom is -0.341 e. The van der Waals surface area contributed by atoms with Gasteiger partial charge in [-0.25, -0.2) is 4.68 Å². The molecule has 7 heteroatoms. The van der Waals surface area contributed by atoms with Crippen LogP contribution in [0, 0.1) is 0 Å². The van der Waals surface area contributed by atoms with Crippen molar-refractivity contribution in [2.75, 3.05) is 18.0 Å². The van der Waals surface area contributed by atoms with Crippen molar-refractivity contribution >= 4 is 17.5 Å². The summed E-state index contributed by atoms with van der Waals surface area (Å²) >= 11 is 6.00. The minimum atomic E-state index is 0.208. The van der Waals surface area contributed by atoms with Gasteiger partial charge in [-0.05, 0) is 30.5 Å². The molecule has 1 saturated heterocycles. The molecule has 1 aliphatic heterocycles. The fraction of sp³-hybridized carbons (Fsp3) is 0.500. The Kier molecular flexibility index (Phi) is 3.59. The predicted octanol–water partition coefficient (Wildman–Crippen LogP) is 2.09. The Morgan fingerprint density at radius 1 is 0.947 bits per heavy atom. The summed E-state index contributed by atoms with van der Waals surface area (Å²) in [6.07, 6.45) is 8.34. The molecule has 0 N–H and O–H groups in total. The first kappa shape index (κ1) is 12.3. The number of hydrogen-bond acceptors (Lipinski definition) is 5. The Labute approximate surface area is 116 Å². The van der Waals surface area contributed by atoms with Gasteiger partial charge in [-0.15, -0.1) is 0 Å². The maximum atomic E-state index is 6.00. The molecule has 0 aliphatic carbocycles. The second kappa shape index (κ2) is 5.52. The fourth-order valence-electron chi connectivity index (χ4n) is 2.23. The molecule has 0 amide bonds. The molecule has 100 valence electrons. The van der Waals surface area contributed by atoms with E-state index < -0.39 is 0 Å². The van der Waals surface area contributed by atoms with E-state index in [1.165, 1.54) is 25.7 Å². The van der Waals surface area contributed by atoms with Crippen LogP contribution < -0.4 is 4.90 Å². The van der Waals surface area contributed by atoms with E-state index in [1.54, 1.807) is 17.1 Å². The van der Waals surface area contributed by atoms with E-state index in [4.69, 9.17) is 11.6 Å². The van der Waals surface area contributed by atoms with E-state index >= 15 is 0 Å². The van der Waals surface area contributed by atoms with Crippen molar-refractivity contribution in [3.8, 4) is 5.95 Å². The molecule has 1 fully saturated rings. The number of hydrogen-bond donors (Lipinski definition) is 0. The molecule has 6 nitrogen and oxygen atoms in total. The van der Waals surface area contributed by atoms with Gasteiger partial charge in [0.15, 0.2) is 0 Å². The lowest BCUT2D eigenvalue weighted by atomic mass is 10.2. The summed E-state index contributed by atoms with van der Waals surface area (Å²) in [6, 6.07) is 1.82. The summed E-state index contributed by atoms with van der Waals surface area (Å²) in [5, 5.41) is 4.33. The largest absolute Gasteiger partial charge is 0.341 e. The Bertz CT molecular complexity index is 533. The van der Waals surface area contributed by atoms with Gasteiger partial charge in [0.25, 0.3) is 5.95 Å². The standard InChI is InChI=1S/C12H15ClN6/c13-10-15-11(18-7-3-1-2-4-8-18)17-12(16-10)19-9-5-6-14-19/h5-6,9H,1-4,7-8H2. The Morgan fingerprint density at radius 2 is 1.68 bits per heavy atom. The van der Waals surface area contributed by atoms with Gasteiger partial charge in [0.2, 0.25) is 11.2 Å². The second-order valence-electron chi connectivity index (χ2n) is 4.56. The molecule has 3 rings (SSSR count). The van der Waals surface area contributed by atoms with Crippen LogP contribution in [0.4, 0.5) is 5.95 Å². The van der Waals surface area contributed by atoms with Crippen molar-refractivity contribution in [1.29, 1.82) is 0 Å². The quantitative estimate of drug-likeness (QED) is 0.842. The van der Waals surface area contributed by atoms with Gasteiger partial charge in [-0.2, -0.15) is 20.1 Å². The maximum Gasteiger partial charge on any atom is 0.256 e. The fourth-order valence-corrected chi connectivity index (χ4v) is 2.38. The SMILES string of the molecule is Clc1nc(N2CCCCCC2)nc(-n2cccn2)n1. The normalized spacial score (nSPS) is 16.4. The highest BCUT2D eigenvalue weighted by atomic mass is 35.5. The van der Waals surface area contributed by atoms with Crippen molar-refractivity contribution < 1.29 is 0 Å². The lowest BCUT2D eigenvalue weighted by Crippen LogP contribution is -2.26. The van der Waals surface area contributed by atoms with Crippen LogP contribution in [0.1, 0.15) is 25.7 Å². The van der Waals surface area contributed by atoms with E-state index in [0.29, 0.717) is 11.9 Å². The van der Waals surface area contributed by atoms with E-state index in [-0.39, 0.29) is 5.28 Å². The molecule has 1 aliphatic rings. The van der Waals surface area contributed by atoms with Gasteiger partial charge >= 0.3 is 0 Å². The van der Waals surface area contributed by atoms with Crippen molar-refractivity contribution in [2.45, 2.75) is 25.7 Å². The molecule has 2 aromatic rings. The molecule has 0 saturated carbocycles. The molecule has 19 heavy (non-hydrogen) atoms. The summed E-state index contributed by atoms with van der Waals surface area (Å²) in [5.41, 5.74) is 0. The zero-order valence-corrected chi connectivity index (χ0v) is 11.3. The van der Waals surface area contributed by atoms with Crippen LogP contribution in [0.15, 0.2) is 18.5 Å². The third-order valence-electron chi connectivity index (χ3n) is 3.18. The third kappa shape index (κ3) is 2.84. The topological polar surface area (TPSA) is 59.7 Å². The molecule has 0 unspecified atom stereocenters. The summed E-state index contributed by atoms with van der Waals surface area (Å²) < 4.78 is 1.59. The Hall–Kier alpha value is -1.69. The molecular formula is C12H15ClN6. The lowest BCUT2D eigenvalue weighted by Gasteiger charge is -2.20. The van der Waals surface area contributed by atoms with Gasteiger partial charge in [-0.3, -0.25) is 0 Å². The molecule has 2 aromatic heterocycles. The van der Waals surface area contributed by atoms with Crippen LogP contribution in [0.3, 0.4) is 0 Å². The van der Waals surface area contributed by atoms with Gasteiger partial charge in [0, 0.05) is 25.5 Å². The number of anilines is 1. The number of rotatable bonds is 2. The molecule has 0 radical (unpaired) electrons. The summed E-state index contributed by atoms with van der Waals surface area (Å²) in [4.78, 5) is 15.0. The van der Waals surface area contributed by atoms with Crippen LogP contribution in [0.5, 0.6) is 0 Å². The predicted molar refractivity (Wildman–Crippen MR) is 72.6 cm³/mol. The van der Waals surface area contributed by atoms with Gasteiger partial charge < -0.3 is 4.90 Å². The van der Waals surface area contributed by atoms with Crippen LogP contribution in [0.25, 0.3) is 5.95 Å². The van der Waals surface area contributed by atoms with Crippen LogP contribution in [0.2, 0.25) is 5.28 Å². The minimum absolute atomic E-state index is 0.208. The first-order valence-electron chi connectivity index (χ1n) is 6.49. The summed E-state index contributed by atoms with van der Waals surface area (Å²) in [6.45, 7) is 1.94. The molecule has 0 atom stereocenters. The van der Waals surface area contributed by atoms with E-state index in [2.05, 4.69) is 25.0 Å². The van der Waals surface area contributed by atoms with Crippen molar-refractivity contribution in [3.63, 3.8) is 0 Å². The summed E-state index contributed by atoms with van der Waals surface area (Å²) in [5.74, 6) is 1.11. The molecule has 3 heterocycles. The zero-order chi connectivity index (χ0) is 13.1. The highest BCUT2D eigenvalue weighted by Gasteiger charge is 2.15. The smallest absolute Gasteiger partial charge is 0.256 e. The molecule has 0 spiro atoms. The van der Waals surface area contributed by atoms with Crippen molar-refractivity contribution in [3.05, 3.63) is 23.7 Å². The molecule has 0 aromatic carbocycles. The first-order chi connectivity index (χ1) is 9.33. The van der Waals surface area contributed by atoms with Gasteiger partial charge in [0.05, 0.1) is 0 Å². The van der Waals surface area contributed by atoms with Crippen LogP contribution in [-0.2, 0) is 0 Å². The summed E-state index contributed by atoms with van der Waals surface area (Å²) in [7, 11) is 0. The van der Waals surface area contributed by atoms with E-state index in [1.807, 2.05) is 6.07 Å². The average Bonchev–Trinajstić information content (AvgIpc) is 2.81. The maximum absolute atomic E-state index is 6.00. The molecular weight excluding hydrogens is 264 g/mol. The van der Waals surface area contributed by atoms with E-state index in [9.17, 15) is 0 Å². The second-order valence-corrected chi connectivity index (χ2v) is 4.89. The number of aromatic nitrogens is 5. The highest BCUT2D eigenvalue weighted by molar-refractivity contribution is 6.28. The first-order valence-corrected chi connectivity index (χ1v) is 6.87. The van der Waals surface area contributed by atoms with Crippen LogP contribution >= 0.6 is 11.6 Å². The number of halogens is 1. The Morgan fingerprint density at radius 3 is 2.37 bits per heavy atom. The third-order valence-corrected chi connectivity index (χ3v) is 3.35. The lowest BCUT2D eigenvalue weighted by molar-refractivity contribution is 0.726. The van der Waals surface area contributed by atoms with Crippen molar-refractivity contribution in [2.24, 2.45) is 0 Å². The molecule has 0 bridgehead atoms. The highest BCUT2D eigenvalue weighted by Crippen LogP contribution is 2.17. The monoisotopic (exact) mass is 278 g/mol. The van der Waals surface area contributed by atoms with Gasteiger partial charge in [-0.1, -0.05) is 12.8 Å². The van der Waals surface area contributed by atoms with Crippen LogP contribution in [-0.4, -0.2) is 37.8 Å². The van der Waals surface area contributed by atoms with Gasteiger partial charge in [0.1, 0.15) is 0 Å². The van der Waals surface area contributed by atoms with E-state index in [0.717, 1.165) is 13.1 Å². The number of nitrogens with zero attached hydrogens (tertiary/aromatic N) is 6.